The van der Waals surface area contributed by atoms with E-state index in [0.717, 1.165) is 5.56 Å². The lowest BCUT2D eigenvalue weighted by atomic mass is 9.99. The predicted octanol–water partition coefficient (Wildman–Crippen LogP) is 3.24. The molecule has 0 amide bonds. The molecule has 0 aliphatic carbocycles. The molecular weight excluding hydrogens is 259 g/mol. The summed E-state index contributed by atoms with van der Waals surface area (Å²) in [5.74, 6) is -0.130. The van der Waals surface area contributed by atoms with Gasteiger partial charge in [0.1, 0.15) is 0 Å². The van der Waals surface area contributed by atoms with Crippen molar-refractivity contribution in [1.29, 1.82) is 0 Å². The van der Waals surface area contributed by atoms with Crippen LogP contribution in [0.4, 0.5) is 0 Å². The van der Waals surface area contributed by atoms with E-state index in [1.165, 1.54) is 7.11 Å². The summed E-state index contributed by atoms with van der Waals surface area (Å²) in [5, 5.41) is 0.438. The molecule has 1 unspecified atom stereocenters. The van der Waals surface area contributed by atoms with E-state index < -0.39 is 8.03 Å². The second kappa shape index (κ2) is 5.87. The molecule has 96 valence electrons. The number of aryl methyl sites for hydroxylation is 1. The molecule has 0 aliphatic heterocycles. The molecule has 0 fully saturated rings. The summed E-state index contributed by atoms with van der Waals surface area (Å²) < 4.78 is 16.7. The highest BCUT2D eigenvalue weighted by atomic mass is 31.1. The maximum atomic E-state index is 12.5. The Morgan fingerprint density at radius 3 is 2.21 bits per heavy atom. The van der Waals surface area contributed by atoms with Crippen molar-refractivity contribution in [3.63, 3.8) is 0 Å². The van der Waals surface area contributed by atoms with Crippen LogP contribution in [0.25, 0.3) is 0 Å². The van der Waals surface area contributed by atoms with E-state index in [1.54, 1.807) is 30.3 Å². The van der Waals surface area contributed by atoms with Gasteiger partial charge in [0.25, 0.3) is 0 Å². The van der Waals surface area contributed by atoms with E-state index >= 15 is 0 Å². The molecular formula is C15H14O3P+. The number of carbonyl (C=O) groups excluding carboxylic acids is 1. The SMILES string of the molecule is CO[P+](=O)c1ccccc1C(=O)c1ccccc1C. The van der Waals surface area contributed by atoms with Gasteiger partial charge in [-0.25, -0.2) is 0 Å². The maximum absolute atomic E-state index is 12.5. The molecule has 0 aliphatic rings. The fourth-order valence-corrected chi connectivity index (χ4v) is 2.67. The Balaban J connectivity index is 2.51. The minimum Gasteiger partial charge on any atom is -0.288 e. The summed E-state index contributed by atoms with van der Waals surface area (Å²) in [7, 11) is -0.629. The summed E-state index contributed by atoms with van der Waals surface area (Å²) in [4.78, 5) is 12.5. The van der Waals surface area contributed by atoms with Crippen molar-refractivity contribution in [2.45, 2.75) is 6.92 Å². The second-order valence-electron chi connectivity index (χ2n) is 4.10. The van der Waals surface area contributed by atoms with Crippen LogP contribution in [0.15, 0.2) is 48.5 Å². The van der Waals surface area contributed by atoms with Crippen LogP contribution >= 0.6 is 8.03 Å². The molecule has 0 bridgehead atoms. The average molecular weight is 273 g/mol. The Bertz CT molecular complexity index is 635. The molecule has 2 rings (SSSR count). The highest BCUT2D eigenvalue weighted by molar-refractivity contribution is 7.48. The first-order chi connectivity index (χ1) is 9.15. The van der Waals surface area contributed by atoms with Crippen LogP contribution in [0.1, 0.15) is 21.5 Å². The van der Waals surface area contributed by atoms with E-state index in [1.807, 2.05) is 25.1 Å². The Morgan fingerprint density at radius 1 is 1.00 bits per heavy atom. The zero-order valence-corrected chi connectivity index (χ0v) is 11.7. The zero-order valence-electron chi connectivity index (χ0n) is 10.8. The van der Waals surface area contributed by atoms with Crippen LogP contribution in [0.3, 0.4) is 0 Å². The van der Waals surface area contributed by atoms with Crippen molar-refractivity contribution in [1.82, 2.24) is 0 Å². The number of benzene rings is 2. The minimum atomic E-state index is -2.00. The summed E-state index contributed by atoms with van der Waals surface area (Å²) in [6, 6.07) is 14.2. The highest BCUT2D eigenvalue weighted by Crippen LogP contribution is 2.24. The third kappa shape index (κ3) is 2.78. The molecule has 0 saturated carbocycles. The summed E-state index contributed by atoms with van der Waals surface area (Å²) >= 11 is 0. The first-order valence-corrected chi connectivity index (χ1v) is 7.03. The van der Waals surface area contributed by atoms with Crippen molar-refractivity contribution in [3.05, 3.63) is 65.2 Å². The number of carbonyl (C=O) groups is 1. The summed E-state index contributed by atoms with van der Waals surface area (Å²) in [5.41, 5.74) is 1.95. The lowest BCUT2D eigenvalue weighted by Gasteiger charge is -2.04. The van der Waals surface area contributed by atoms with Crippen LogP contribution in [0.5, 0.6) is 0 Å². The van der Waals surface area contributed by atoms with Crippen molar-refractivity contribution < 1.29 is 13.9 Å². The monoisotopic (exact) mass is 273 g/mol. The van der Waals surface area contributed by atoms with Gasteiger partial charge in [-0.15, -0.1) is 4.52 Å². The lowest BCUT2D eigenvalue weighted by molar-refractivity contribution is 0.103. The van der Waals surface area contributed by atoms with Gasteiger partial charge in [0.15, 0.2) is 5.78 Å². The van der Waals surface area contributed by atoms with Gasteiger partial charge in [-0.1, -0.05) is 36.4 Å². The standard InChI is InChI=1S/C15H14O3P/c1-11-7-3-4-8-12(11)15(16)13-9-5-6-10-14(13)19(17)18-2/h3-10H,1-2H3/q+1. The number of rotatable bonds is 4. The topological polar surface area (TPSA) is 43.4 Å². The number of hydrogen-bond acceptors (Lipinski definition) is 3. The predicted molar refractivity (Wildman–Crippen MR) is 75.3 cm³/mol. The van der Waals surface area contributed by atoms with Gasteiger partial charge in [-0.05, 0) is 29.2 Å². The van der Waals surface area contributed by atoms with Gasteiger partial charge in [0, 0.05) is 5.56 Å². The molecule has 2 aromatic carbocycles. The zero-order chi connectivity index (χ0) is 13.8. The Kier molecular flexibility index (Phi) is 4.20. The largest absolute Gasteiger partial charge is 0.549 e. The quantitative estimate of drug-likeness (QED) is 0.634. The molecule has 0 radical (unpaired) electrons. The van der Waals surface area contributed by atoms with Gasteiger partial charge in [0.05, 0.1) is 12.7 Å². The lowest BCUT2D eigenvalue weighted by Crippen LogP contribution is -2.14. The molecule has 1 atom stereocenters. The molecule has 0 saturated heterocycles. The number of hydrogen-bond donors (Lipinski definition) is 0. The molecule has 19 heavy (non-hydrogen) atoms. The van der Waals surface area contributed by atoms with Crippen molar-refractivity contribution in [2.75, 3.05) is 7.11 Å². The third-order valence-corrected chi connectivity index (χ3v) is 4.02. The van der Waals surface area contributed by atoms with Gasteiger partial charge in [-0.3, -0.25) is 4.79 Å². The van der Waals surface area contributed by atoms with Gasteiger partial charge in [0.2, 0.25) is 5.30 Å². The van der Waals surface area contributed by atoms with E-state index in [2.05, 4.69) is 0 Å². The van der Waals surface area contributed by atoms with Gasteiger partial charge >= 0.3 is 8.03 Å². The number of ketones is 1. The second-order valence-corrected chi connectivity index (χ2v) is 5.46. The smallest absolute Gasteiger partial charge is 0.288 e. The first-order valence-electron chi connectivity index (χ1n) is 5.86. The normalized spacial score (nSPS) is 11.2. The van der Waals surface area contributed by atoms with E-state index in [4.69, 9.17) is 4.52 Å². The van der Waals surface area contributed by atoms with Crippen LogP contribution in [0.2, 0.25) is 0 Å². The van der Waals surface area contributed by atoms with Crippen molar-refractivity contribution >= 4 is 19.1 Å². The van der Waals surface area contributed by atoms with Crippen molar-refractivity contribution in [3.8, 4) is 0 Å². The van der Waals surface area contributed by atoms with Gasteiger partial charge in [-0.2, -0.15) is 0 Å². The van der Waals surface area contributed by atoms with Crippen LogP contribution in [-0.4, -0.2) is 12.9 Å². The van der Waals surface area contributed by atoms with E-state index in [9.17, 15) is 9.36 Å². The summed E-state index contributed by atoms with van der Waals surface area (Å²) in [6.45, 7) is 1.88. The fraction of sp³-hybridized carbons (Fsp3) is 0.133. The molecule has 3 nitrogen and oxygen atoms in total. The Hall–Kier alpha value is -1.83. The van der Waals surface area contributed by atoms with Crippen molar-refractivity contribution in [2.24, 2.45) is 0 Å². The molecule has 2 aromatic rings. The Labute approximate surface area is 113 Å². The molecule has 0 spiro atoms. The first kappa shape index (κ1) is 13.6. The van der Waals surface area contributed by atoms with Crippen LogP contribution in [0, 0.1) is 6.92 Å². The molecule has 0 aromatic heterocycles. The van der Waals surface area contributed by atoms with E-state index in [-0.39, 0.29) is 5.78 Å². The van der Waals surface area contributed by atoms with Gasteiger partial charge < -0.3 is 0 Å². The average Bonchev–Trinajstić information content (AvgIpc) is 2.46. The fourth-order valence-electron chi connectivity index (χ4n) is 1.90. The summed E-state index contributed by atoms with van der Waals surface area (Å²) in [6.07, 6.45) is 0. The van der Waals surface area contributed by atoms with Crippen LogP contribution < -0.4 is 5.30 Å². The van der Waals surface area contributed by atoms with E-state index in [0.29, 0.717) is 16.4 Å². The third-order valence-electron chi connectivity index (χ3n) is 2.90. The van der Waals surface area contributed by atoms with Crippen LogP contribution in [-0.2, 0) is 9.09 Å². The Morgan fingerprint density at radius 2 is 1.58 bits per heavy atom. The maximum Gasteiger partial charge on any atom is 0.549 e. The highest BCUT2D eigenvalue weighted by Gasteiger charge is 2.28. The molecule has 0 heterocycles. The minimum absolute atomic E-state index is 0.130. The molecule has 4 heteroatoms. The molecule has 0 N–H and O–H groups in total.